The predicted octanol–water partition coefficient (Wildman–Crippen LogP) is 5.19. The zero-order valence-electron chi connectivity index (χ0n) is 17.0. The lowest BCUT2D eigenvalue weighted by molar-refractivity contribution is -0.118. The topological polar surface area (TPSA) is 92.4 Å². The molecule has 0 unspecified atom stereocenters. The zero-order chi connectivity index (χ0) is 23.2. The second-order valence-electron chi connectivity index (χ2n) is 6.80. The number of thioether (sulfide) groups is 1. The van der Waals surface area contributed by atoms with Gasteiger partial charge in [0.2, 0.25) is 0 Å². The molecule has 0 fully saturated rings. The van der Waals surface area contributed by atoms with E-state index in [1.165, 1.54) is 24.0 Å². The number of hydrogen-bond donors (Lipinski definition) is 2. The summed E-state index contributed by atoms with van der Waals surface area (Å²) in [4.78, 5) is 12.3. The maximum absolute atomic E-state index is 12.3. The van der Waals surface area contributed by atoms with Crippen LogP contribution in [-0.2, 0) is 4.79 Å². The van der Waals surface area contributed by atoms with Crippen LogP contribution in [0.1, 0.15) is 5.56 Å². The highest BCUT2D eigenvalue weighted by Crippen LogP contribution is 2.29. The summed E-state index contributed by atoms with van der Waals surface area (Å²) >= 11 is 13.3. The summed E-state index contributed by atoms with van der Waals surface area (Å²) in [6, 6.07) is 21.1. The standard InChI is InChI=1S/C23H17Cl2N5O2S/c24-17-6-4-16(5-7-17)22-28-29-23(30(22)19-10-8-18(25)9-11-19)33-14-21(32)27-26-13-15-2-1-3-20(31)12-15/h1-13,31H,14H2,(H,27,32). The molecule has 0 bridgehead atoms. The van der Waals surface area contributed by atoms with E-state index in [9.17, 15) is 9.90 Å². The van der Waals surface area contributed by atoms with Crippen molar-refractivity contribution in [3.63, 3.8) is 0 Å². The first kappa shape index (κ1) is 22.8. The van der Waals surface area contributed by atoms with Gasteiger partial charge in [0.15, 0.2) is 11.0 Å². The molecule has 1 amide bonds. The van der Waals surface area contributed by atoms with Gasteiger partial charge in [-0.05, 0) is 66.2 Å². The van der Waals surface area contributed by atoms with Gasteiger partial charge in [-0.15, -0.1) is 10.2 Å². The number of nitrogens with one attached hydrogen (secondary N) is 1. The zero-order valence-corrected chi connectivity index (χ0v) is 19.3. The molecular formula is C23H17Cl2N5O2S. The summed E-state index contributed by atoms with van der Waals surface area (Å²) in [6.07, 6.45) is 1.46. The SMILES string of the molecule is O=C(CSc1nnc(-c2ccc(Cl)cc2)n1-c1ccc(Cl)cc1)NN=Cc1cccc(O)c1. The second-order valence-corrected chi connectivity index (χ2v) is 8.62. The largest absolute Gasteiger partial charge is 0.508 e. The fourth-order valence-corrected chi connectivity index (χ4v) is 3.91. The highest BCUT2D eigenvalue weighted by molar-refractivity contribution is 7.99. The van der Waals surface area contributed by atoms with E-state index in [-0.39, 0.29) is 17.4 Å². The Kier molecular flexibility index (Phi) is 7.29. The van der Waals surface area contributed by atoms with Crippen molar-refractivity contribution in [2.75, 3.05) is 5.75 Å². The number of phenolic OH excluding ortho intramolecular Hbond substituents is 1. The number of amides is 1. The van der Waals surface area contributed by atoms with Crippen LogP contribution in [0.3, 0.4) is 0 Å². The molecule has 4 rings (SSSR count). The molecule has 0 saturated heterocycles. The highest BCUT2D eigenvalue weighted by Gasteiger charge is 2.17. The van der Waals surface area contributed by atoms with Gasteiger partial charge in [-0.3, -0.25) is 9.36 Å². The Bertz CT molecular complexity index is 1290. The van der Waals surface area contributed by atoms with Crippen molar-refractivity contribution in [2.45, 2.75) is 5.16 Å². The van der Waals surface area contributed by atoms with Crippen molar-refractivity contribution in [2.24, 2.45) is 5.10 Å². The van der Waals surface area contributed by atoms with Crippen LogP contribution in [0, 0.1) is 0 Å². The van der Waals surface area contributed by atoms with Crippen LogP contribution in [0.15, 0.2) is 83.1 Å². The highest BCUT2D eigenvalue weighted by atomic mass is 35.5. The number of carbonyl (C=O) groups is 1. The number of benzene rings is 3. The fourth-order valence-electron chi connectivity index (χ4n) is 2.92. The smallest absolute Gasteiger partial charge is 0.250 e. The summed E-state index contributed by atoms with van der Waals surface area (Å²) in [5.41, 5.74) is 4.77. The first-order valence-electron chi connectivity index (χ1n) is 9.70. The molecule has 0 atom stereocenters. The number of nitrogens with zero attached hydrogens (tertiary/aromatic N) is 4. The maximum Gasteiger partial charge on any atom is 0.250 e. The number of aromatic hydroxyl groups is 1. The Morgan fingerprint density at radius 3 is 2.42 bits per heavy atom. The van der Waals surface area contributed by atoms with Gasteiger partial charge in [0.25, 0.3) is 5.91 Å². The third-order valence-electron chi connectivity index (χ3n) is 4.43. The van der Waals surface area contributed by atoms with E-state index in [4.69, 9.17) is 23.2 Å². The summed E-state index contributed by atoms with van der Waals surface area (Å²) in [6.45, 7) is 0. The molecule has 166 valence electrons. The monoisotopic (exact) mass is 497 g/mol. The first-order chi connectivity index (χ1) is 16.0. The van der Waals surface area contributed by atoms with Gasteiger partial charge < -0.3 is 5.11 Å². The van der Waals surface area contributed by atoms with Gasteiger partial charge in [-0.25, -0.2) is 5.43 Å². The predicted molar refractivity (Wildman–Crippen MR) is 131 cm³/mol. The molecule has 0 spiro atoms. The molecule has 10 heteroatoms. The van der Waals surface area contributed by atoms with Crippen LogP contribution in [0.5, 0.6) is 5.75 Å². The molecule has 0 radical (unpaired) electrons. The molecule has 0 aliphatic carbocycles. The Hall–Kier alpha value is -3.33. The van der Waals surface area contributed by atoms with E-state index in [0.29, 0.717) is 26.6 Å². The minimum Gasteiger partial charge on any atom is -0.508 e. The minimum atomic E-state index is -0.310. The number of carbonyl (C=O) groups excluding carboxylic acids is 1. The van der Waals surface area contributed by atoms with Crippen molar-refractivity contribution >= 4 is 47.1 Å². The molecule has 0 aliphatic rings. The van der Waals surface area contributed by atoms with E-state index in [1.54, 1.807) is 42.5 Å². The number of hydrogen-bond acceptors (Lipinski definition) is 6. The van der Waals surface area contributed by atoms with Crippen LogP contribution < -0.4 is 5.43 Å². The molecule has 1 aromatic heterocycles. The summed E-state index contributed by atoms with van der Waals surface area (Å²) in [7, 11) is 0. The molecule has 4 aromatic rings. The fraction of sp³-hybridized carbons (Fsp3) is 0.0435. The molecule has 33 heavy (non-hydrogen) atoms. The summed E-state index contributed by atoms with van der Waals surface area (Å²) < 4.78 is 1.85. The van der Waals surface area contributed by atoms with Crippen LogP contribution >= 0.6 is 35.0 Å². The molecule has 7 nitrogen and oxygen atoms in total. The molecule has 0 aliphatic heterocycles. The number of rotatable bonds is 7. The molecule has 2 N–H and O–H groups in total. The van der Waals surface area contributed by atoms with E-state index in [1.807, 2.05) is 28.8 Å². The quantitative estimate of drug-likeness (QED) is 0.208. The molecule has 3 aromatic carbocycles. The van der Waals surface area contributed by atoms with Crippen LogP contribution in [0.25, 0.3) is 17.1 Å². The third kappa shape index (κ3) is 5.92. The normalized spacial score (nSPS) is 11.1. The van der Waals surface area contributed by atoms with Gasteiger partial charge in [0, 0.05) is 21.3 Å². The lowest BCUT2D eigenvalue weighted by Gasteiger charge is -2.10. The van der Waals surface area contributed by atoms with Gasteiger partial charge in [-0.2, -0.15) is 5.10 Å². The van der Waals surface area contributed by atoms with E-state index < -0.39 is 0 Å². The number of aromatic nitrogens is 3. The molecule has 1 heterocycles. The molecular weight excluding hydrogens is 481 g/mol. The van der Waals surface area contributed by atoms with Crippen LogP contribution in [-0.4, -0.2) is 37.7 Å². The van der Waals surface area contributed by atoms with Crippen molar-refractivity contribution in [1.29, 1.82) is 0 Å². The Labute approximate surface area is 204 Å². The van der Waals surface area contributed by atoms with Crippen molar-refractivity contribution in [3.05, 3.63) is 88.4 Å². The number of phenols is 1. The minimum absolute atomic E-state index is 0.0731. The number of hydrazone groups is 1. The number of halogens is 2. The van der Waals surface area contributed by atoms with E-state index in [0.717, 1.165) is 11.3 Å². The Morgan fingerprint density at radius 1 is 1.03 bits per heavy atom. The summed E-state index contributed by atoms with van der Waals surface area (Å²) in [5, 5.41) is 23.8. The van der Waals surface area contributed by atoms with Gasteiger partial charge in [0.05, 0.1) is 12.0 Å². The lowest BCUT2D eigenvalue weighted by atomic mass is 10.2. The van der Waals surface area contributed by atoms with Gasteiger partial charge in [-0.1, -0.05) is 47.1 Å². The lowest BCUT2D eigenvalue weighted by Crippen LogP contribution is -2.20. The van der Waals surface area contributed by atoms with Crippen LogP contribution in [0.4, 0.5) is 0 Å². The Morgan fingerprint density at radius 2 is 1.73 bits per heavy atom. The van der Waals surface area contributed by atoms with E-state index >= 15 is 0 Å². The average Bonchev–Trinajstić information content (AvgIpc) is 3.23. The van der Waals surface area contributed by atoms with Gasteiger partial charge in [0.1, 0.15) is 5.75 Å². The first-order valence-corrected chi connectivity index (χ1v) is 11.4. The van der Waals surface area contributed by atoms with Crippen molar-refractivity contribution < 1.29 is 9.90 Å². The van der Waals surface area contributed by atoms with Crippen LogP contribution in [0.2, 0.25) is 10.0 Å². The van der Waals surface area contributed by atoms with Crippen molar-refractivity contribution in [3.8, 4) is 22.8 Å². The third-order valence-corrected chi connectivity index (χ3v) is 5.86. The average molecular weight is 498 g/mol. The van der Waals surface area contributed by atoms with Crippen molar-refractivity contribution in [1.82, 2.24) is 20.2 Å². The maximum atomic E-state index is 12.3. The summed E-state index contributed by atoms with van der Waals surface area (Å²) in [5.74, 6) is 0.497. The molecule has 0 saturated carbocycles. The van der Waals surface area contributed by atoms with E-state index in [2.05, 4.69) is 20.7 Å². The second kappa shape index (κ2) is 10.5. The Balaban J connectivity index is 1.51. The van der Waals surface area contributed by atoms with Gasteiger partial charge >= 0.3 is 0 Å².